The molecule has 2 fully saturated rings. The lowest BCUT2D eigenvalue weighted by Crippen LogP contribution is -2.54. The molecule has 0 unspecified atom stereocenters. The summed E-state index contributed by atoms with van der Waals surface area (Å²) >= 11 is 0. The molecule has 4 rings (SSSR count). The van der Waals surface area contributed by atoms with Crippen LogP contribution in [0.25, 0.3) is 0 Å². The number of fused-ring (bicyclic) bond motifs is 1. The highest BCUT2D eigenvalue weighted by Crippen LogP contribution is 2.38. The van der Waals surface area contributed by atoms with Gasteiger partial charge in [-0.3, -0.25) is 34.3 Å². The number of hydrogen-bond acceptors (Lipinski definition) is 6. The number of amides is 4. The molecule has 1 aromatic carbocycles. The van der Waals surface area contributed by atoms with Crippen LogP contribution in [0.15, 0.2) is 0 Å². The first-order chi connectivity index (χ1) is 17.7. The van der Waals surface area contributed by atoms with Crippen molar-refractivity contribution in [2.24, 2.45) is 0 Å². The van der Waals surface area contributed by atoms with Gasteiger partial charge in [-0.2, -0.15) is 0 Å². The highest BCUT2D eigenvalue weighted by molar-refractivity contribution is 6.24. The summed E-state index contributed by atoms with van der Waals surface area (Å²) in [5, 5.41) is 1.85. The average Bonchev–Trinajstić information content (AvgIpc) is 3.03. The molecule has 0 aromatic heterocycles. The molecular formula is C20H21F3N4O4. The highest BCUT2D eigenvalue weighted by atomic mass is 19.2. The Hall–Kier alpha value is -2.95. The van der Waals surface area contributed by atoms with E-state index in [1.807, 2.05) is 5.32 Å². The summed E-state index contributed by atoms with van der Waals surface area (Å²) in [6.07, 6.45) is -0.767. The summed E-state index contributed by atoms with van der Waals surface area (Å²) in [6.45, 7) is -12.1. The molecule has 8 nitrogen and oxygen atoms in total. The number of nitrogens with one attached hydrogen (secondary N) is 1. The number of halogens is 3. The Morgan fingerprint density at radius 2 is 1.52 bits per heavy atom. The molecule has 1 aromatic rings. The number of nitrogens with zero attached hydrogens (tertiary/aromatic N) is 3. The maximum absolute atomic E-state index is 16.0. The summed E-state index contributed by atoms with van der Waals surface area (Å²) in [7, 11) is 0. The van der Waals surface area contributed by atoms with Crippen LogP contribution in [0.5, 0.6) is 0 Å². The quantitative estimate of drug-likeness (QED) is 0.551. The second-order valence-corrected chi connectivity index (χ2v) is 7.23. The van der Waals surface area contributed by atoms with Crippen molar-refractivity contribution >= 4 is 29.3 Å². The number of rotatable bonds is 3. The summed E-state index contributed by atoms with van der Waals surface area (Å²) in [5.41, 5.74) is -4.93. The van der Waals surface area contributed by atoms with Gasteiger partial charge in [-0.1, -0.05) is 0 Å². The van der Waals surface area contributed by atoms with Gasteiger partial charge < -0.3 is 4.90 Å². The zero-order valence-corrected chi connectivity index (χ0v) is 16.2. The molecule has 0 aliphatic carbocycles. The van der Waals surface area contributed by atoms with E-state index in [9.17, 15) is 19.2 Å². The van der Waals surface area contributed by atoms with Gasteiger partial charge in [0.1, 0.15) is 11.7 Å². The van der Waals surface area contributed by atoms with Crippen molar-refractivity contribution in [3.63, 3.8) is 0 Å². The third kappa shape index (κ3) is 3.27. The molecular weight excluding hydrogens is 417 g/mol. The minimum atomic E-state index is -3.80. The van der Waals surface area contributed by atoms with Gasteiger partial charge in [0, 0.05) is 43.9 Å². The van der Waals surface area contributed by atoms with Crippen molar-refractivity contribution < 1.29 is 43.3 Å². The molecule has 2 saturated heterocycles. The molecule has 1 N–H and O–H groups in total. The second-order valence-electron chi connectivity index (χ2n) is 7.23. The largest absolute Gasteiger partial charge is 0.364 e. The lowest BCUT2D eigenvalue weighted by Gasteiger charge is -2.38. The van der Waals surface area contributed by atoms with Crippen molar-refractivity contribution in [2.75, 3.05) is 30.9 Å². The van der Waals surface area contributed by atoms with Gasteiger partial charge in [0.15, 0.2) is 17.5 Å². The van der Waals surface area contributed by atoms with E-state index in [1.54, 1.807) is 0 Å². The van der Waals surface area contributed by atoms with Crippen molar-refractivity contribution in [1.82, 2.24) is 15.1 Å². The Balaban J connectivity index is 1.97. The highest BCUT2D eigenvalue weighted by Gasteiger charge is 2.49. The molecule has 3 heterocycles. The van der Waals surface area contributed by atoms with Crippen molar-refractivity contribution in [1.29, 1.82) is 0 Å². The second kappa shape index (κ2) is 7.63. The fourth-order valence-electron chi connectivity index (χ4n) is 3.42. The number of piperidine rings is 1. The van der Waals surface area contributed by atoms with E-state index in [0.29, 0.717) is 0 Å². The number of carbonyl (C=O) groups is 4. The third-order valence-corrected chi connectivity index (χ3v) is 4.99. The topological polar surface area (TPSA) is 90.0 Å². The molecule has 166 valence electrons. The average molecular weight is 446 g/mol. The number of anilines is 1. The fourth-order valence-corrected chi connectivity index (χ4v) is 3.42. The molecule has 0 radical (unpaired) electrons. The number of piperazine rings is 1. The smallest absolute Gasteiger partial charge is 0.265 e. The van der Waals surface area contributed by atoms with Gasteiger partial charge in [-0.25, -0.2) is 13.2 Å². The lowest BCUT2D eigenvalue weighted by atomic mass is 10.0. The maximum Gasteiger partial charge on any atom is 0.265 e. The third-order valence-electron chi connectivity index (χ3n) is 4.99. The fraction of sp³-hybridized carbons (Fsp3) is 0.500. The standard InChI is InChI=1S/C20H21F3N4O4/c1-9(2)25-5-7-26(8-6-25)17-15(22)13-12(14(21)16(17)23)19(30)27(20(13)31)10-3-4-11(28)24-18(10)29/h9-10H,3-8H2,1-2H3,(H,24,28,29)/t10-/m0/s1/i5D2,6D2,7D2,8D2. The molecule has 3 aliphatic rings. The number of imide groups is 2. The van der Waals surface area contributed by atoms with Crippen LogP contribution in [0.1, 0.15) is 58.4 Å². The summed E-state index contributed by atoms with van der Waals surface area (Å²) in [5.74, 6) is -12.0. The van der Waals surface area contributed by atoms with Gasteiger partial charge in [0.05, 0.1) is 16.6 Å². The van der Waals surface area contributed by atoms with Gasteiger partial charge in [0.25, 0.3) is 11.8 Å². The number of hydrogen-bond donors (Lipinski definition) is 1. The van der Waals surface area contributed by atoms with E-state index in [0.717, 1.165) is 0 Å². The minimum absolute atomic E-state index is 0.0976. The van der Waals surface area contributed by atoms with Crippen LogP contribution < -0.4 is 10.2 Å². The number of benzene rings is 1. The van der Waals surface area contributed by atoms with Crippen LogP contribution in [0, 0.1) is 17.5 Å². The monoisotopic (exact) mass is 446 g/mol. The van der Waals surface area contributed by atoms with Crippen molar-refractivity contribution in [3.05, 3.63) is 28.6 Å². The van der Waals surface area contributed by atoms with Crippen LogP contribution >= 0.6 is 0 Å². The molecule has 31 heavy (non-hydrogen) atoms. The van der Waals surface area contributed by atoms with E-state index in [1.165, 1.54) is 13.8 Å². The molecule has 0 spiro atoms. The van der Waals surface area contributed by atoms with Crippen LogP contribution in [-0.2, 0) is 9.59 Å². The first kappa shape index (κ1) is 13.5. The minimum Gasteiger partial charge on any atom is -0.364 e. The predicted molar refractivity (Wildman–Crippen MR) is 102 cm³/mol. The molecule has 1 atom stereocenters. The zero-order valence-electron chi connectivity index (χ0n) is 24.2. The molecule has 0 saturated carbocycles. The Morgan fingerprint density at radius 1 is 0.935 bits per heavy atom. The maximum atomic E-state index is 16.0. The Kier molecular flexibility index (Phi) is 3.31. The SMILES string of the molecule is [2H]C1([2H])N(c2c(F)c(F)c3c(c2F)C(=O)N([C@H]2CCC(=O)NC2=O)C3=O)C([2H])([2H])C([2H])([2H])N(C(C)C)C1([2H])[2H]. The normalized spacial score (nSPS) is 32.8. The lowest BCUT2D eigenvalue weighted by molar-refractivity contribution is -0.136. The summed E-state index contributed by atoms with van der Waals surface area (Å²) < 4.78 is 113. The van der Waals surface area contributed by atoms with E-state index >= 15 is 13.2 Å². The zero-order chi connectivity index (χ0) is 29.8. The van der Waals surface area contributed by atoms with E-state index in [-0.39, 0.29) is 16.2 Å². The van der Waals surface area contributed by atoms with Crippen molar-refractivity contribution in [2.45, 2.75) is 38.8 Å². The first-order valence-electron chi connectivity index (χ1n) is 13.2. The predicted octanol–water partition coefficient (Wildman–Crippen LogP) is 1.04. The van der Waals surface area contributed by atoms with Crippen molar-refractivity contribution in [3.8, 4) is 0 Å². The van der Waals surface area contributed by atoms with Crippen LogP contribution in [0.2, 0.25) is 0 Å². The van der Waals surface area contributed by atoms with Gasteiger partial charge in [-0.15, -0.1) is 0 Å². The molecule has 11 heteroatoms. The molecule has 4 amide bonds. The van der Waals surface area contributed by atoms with E-state index in [4.69, 9.17) is 11.0 Å². The number of carbonyl (C=O) groups excluding carboxylic acids is 4. The van der Waals surface area contributed by atoms with Gasteiger partial charge in [-0.05, 0) is 20.3 Å². The van der Waals surface area contributed by atoms with Crippen LogP contribution in [0.3, 0.4) is 0 Å². The van der Waals surface area contributed by atoms with E-state index < -0.39 is 107 Å². The first-order valence-corrected chi connectivity index (χ1v) is 9.17. The Bertz CT molecular complexity index is 1310. The summed E-state index contributed by atoms with van der Waals surface area (Å²) in [4.78, 5) is 49.4. The van der Waals surface area contributed by atoms with Crippen LogP contribution in [-0.4, -0.2) is 71.5 Å². The van der Waals surface area contributed by atoms with Gasteiger partial charge >= 0.3 is 0 Å². The Morgan fingerprint density at radius 3 is 2.06 bits per heavy atom. The van der Waals surface area contributed by atoms with Gasteiger partial charge in [0.2, 0.25) is 11.8 Å². The molecule has 3 aliphatic heterocycles. The summed E-state index contributed by atoms with van der Waals surface area (Å²) in [6, 6.07) is -2.90. The molecule has 0 bridgehead atoms. The van der Waals surface area contributed by atoms with E-state index in [2.05, 4.69) is 0 Å². The Labute approximate surface area is 187 Å². The van der Waals surface area contributed by atoms with Crippen LogP contribution in [0.4, 0.5) is 18.9 Å².